The van der Waals surface area contributed by atoms with E-state index >= 15 is 0 Å². The van der Waals surface area contributed by atoms with Crippen molar-refractivity contribution in [2.45, 2.75) is 68.0 Å². The summed E-state index contributed by atoms with van der Waals surface area (Å²) in [5.41, 5.74) is 0.295. The Morgan fingerprint density at radius 3 is 2.11 bits per heavy atom. The summed E-state index contributed by atoms with van der Waals surface area (Å²) in [6.07, 6.45) is 0. The summed E-state index contributed by atoms with van der Waals surface area (Å²) in [5, 5.41) is 23.4. The molecule has 0 aromatic heterocycles. The fourth-order valence-corrected chi connectivity index (χ4v) is 5.23. The first kappa shape index (κ1) is 29.0. The highest BCUT2D eigenvalue weighted by atomic mass is 16.4. The van der Waals surface area contributed by atoms with Gasteiger partial charge >= 0.3 is 17.6 Å². The molecule has 11 heteroatoms. The molecule has 3 rings (SSSR count). The van der Waals surface area contributed by atoms with Crippen LogP contribution in [0.25, 0.3) is 22.6 Å². The Hall–Kier alpha value is -3.60. The van der Waals surface area contributed by atoms with Gasteiger partial charge in [-0.2, -0.15) is 4.98 Å². The van der Waals surface area contributed by atoms with E-state index in [1.54, 1.807) is 25.3 Å². The van der Waals surface area contributed by atoms with Crippen molar-refractivity contribution in [2.75, 3.05) is 6.54 Å². The predicted octanol–water partition coefficient (Wildman–Crippen LogP) is 2.65. The van der Waals surface area contributed by atoms with Crippen molar-refractivity contribution < 1.29 is 19.8 Å². The minimum atomic E-state index is -1.18. The molecule has 2 heterocycles. The number of carbonyl (C=O) groups is 2. The second-order valence-electron chi connectivity index (χ2n) is 12.1. The van der Waals surface area contributed by atoms with E-state index in [4.69, 9.17) is 0 Å². The summed E-state index contributed by atoms with van der Waals surface area (Å²) in [6, 6.07) is 2.55. The lowest BCUT2D eigenvalue weighted by molar-refractivity contribution is -0.156. The number of benzene rings is 1. The van der Waals surface area contributed by atoms with Gasteiger partial charge in [0.1, 0.15) is 6.04 Å². The highest BCUT2D eigenvalue weighted by Gasteiger charge is 2.49. The number of carboxylic acids is 2. The van der Waals surface area contributed by atoms with Gasteiger partial charge in [-0.3, -0.25) is 19.4 Å². The van der Waals surface area contributed by atoms with Crippen LogP contribution in [0, 0.1) is 36.5 Å². The highest BCUT2D eigenvalue weighted by molar-refractivity contribution is 5.81. The number of hydrogen-bond acceptors (Lipinski definition) is 7. The Kier molecular flexibility index (Phi) is 7.84. The van der Waals surface area contributed by atoms with Gasteiger partial charge < -0.3 is 20.1 Å². The number of H-pyrrole nitrogens is 1. The summed E-state index contributed by atoms with van der Waals surface area (Å²) < 4.78 is 1.68. The van der Waals surface area contributed by atoms with Gasteiger partial charge in [0.2, 0.25) is 0 Å². The molecule has 0 saturated heterocycles. The van der Waals surface area contributed by atoms with Crippen molar-refractivity contribution in [3.63, 3.8) is 0 Å². The zero-order valence-corrected chi connectivity index (χ0v) is 23.2. The number of aliphatic carboxylic acids is 2. The second-order valence-corrected chi connectivity index (χ2v) is 12.1. The molecule has 0 amide bonds. The zero-order valence-electron chi connectivity index (χ0n) is 23.2. The molecule has 3 unspecified atom stereocenters. The summed E-state index contributed by atoms with van der Waals surface area (Å²) in [4.78, 5) is 60.0. The maximum absolute atomic E-state index is 12.5. The van der Waals surface area contributed by atoms with Crippen LogP contribution in [0.3, 0.4) is 0 Å². The Bertz CT molecular complexity index is 1460. The molecule has 0 spiro atoms. The quantitative estimate of drug-likeness (QED) is 0.322. The third kappa shape index (κ3) is 5.77. The molecule has 4 N–H and O–H groups in total. The zero-order chi connectivity index (χ0) is 28.7. The van der Waals surface area contributed by atoms with Gasteiger partial charge in [0, 0.05) is 19.0 Å². The Labute approximate surface area is 220 Å². The SMILES string of the molecule is Cc1cc2nc3c(=O)[nH]c(=O)nc-3n(CCNC(C(=O)O)C(C(C(=O)O)C(C)(C)C)C(C)(C)C)c2cc1C. The first-order chi connectivity index (χ1) is 17.4. The van der Waals surface area contributed by atoms with Crippen molar-refractivity contribution in [3.8, 4) is 11.5 Å². The number of nitrogens with one attached hydrogen (secondary N) is 2. The van der Waals surface area contributed by atoms with E-state index < -0.39 is 51.9 Å². The van der Waals surface area contributed by atoms with Crippen molar-refractivity contribution in [3.05, 3.63) is 44.1 Å². The molecular weight excluding hydrogens is 490 g/mol. The van der Waals surface area contributed by atoms with Crippen molar-refractivity contribution >= 4 is 23.0 Å². The number of aryl methyl sites for hydroxylation is 2. The van der Waals surface area contributed by atoms with Gasteiger partial charge in [0.25, 0.3) is 5.56 Å². The molecule has 1 aromatic rings. The van der Waals surface area contributed by atoms with Crippen LogP contribution in [-0.2, 0) is 16.1 Å². The van der Waals surface area contributed by atoms with Crippen LogP contribution in [0.5, 0.6) is 0 Å². The van der Waals surface area contributed by atoms with Crippen LogP contribution < -0.4 is 16.6 Å². The number of fused-ring (bicyclic) bond motifs is 2. The van der Waals surface area contributed by atoms with Gasteiger partial charge in [-0.15, -0.1) is 0 Å². The minimum Gasteiger partial charge on any atom is -0.481 e. The van der Waals surface area contributed by atoms with Gasteiger partial charge in [-0.1, -0.05) is 41.5 Å². The number of nitrogens with zero attached hydrogens (tertiary/aromatic N) is 3. The second kappa shape index (κ2) is 10.3. The predicted molar refractivity (Wildman–Crippen MR) is 143 cm³/mol. The van der Waals surface area contributed by atoms with Crippen molar-refractivity contribution in [2.24, 2.45) is 22.7 Å². The lowest BCUT2D eigenvalue weighted by Crippen LogP contribution is -2.55. The molecule has 38 heavy (non-hydrogen) atoms. The molecule has 0 aliphatic carbocycles. The van der Waals surface area contributed by atoms with E-state index in [0.29, 0.717) is 11.0 Å². The maximum Gasteiger partial charge on any atom is 0.349 e. The van der Waals surface area contributed by atoms with Crippen LogP contribution in [0.2, 0.25) is 0 Å². The first-order valence-electron chi connectivity index (χ1n) is 12.5. The minimum absolute atomic E-state index is 0.00128. The van der Waals surface area contributed by atoms with Crippen molar-refractivity contribution in [1.29, 1.82) is 0 Å². The number of aromatic nitrogens is 4. The standard InChI is InChI=1S/C27H37N5O6/c1-13-11-15-16(12-14(13)2)32(21-20(29-15)22(33)31-25(38)30-21)10-9-28-19(24(36)37)17(26(3,4)5)18(23(34)35)27(6,7)8/h11-12,17-19,28H,9-10H2,1-8H3,(H,34,35)(H,36,37)(H,31,33,38). The van der Waals surface area contributed by atoms with Gasteiger partial charge in [0.05, 0.1) is 17.0 Å². The molecule has 3 atom stereocenters. The van der Waals surface area contributed by atoms with E-state index in [2.05, 4.69) is 20.3 Å². The van der Waals surface area contributed by atoms with Crippen LogP contribution >= 0.6 is 0 Å². The molecule has 2 aliphatic rings. The molecule has 206 valence electrons. The lowest BCUT2D eigenvalue weighted by Gasteiger charge is -2.44. The monoisotopic (exact) mass is 527 g/mol. The normalized spacial score (nSPS) is 14.9. The fraction of sp³-hybridized carbons (Fsp3) is 0.556. The average Bonchev–Trinajstić information content (AvgIpc) is 2.74. The van der Waals surface area contributed by atoms with E-state index in [9.17, 15) is 29.4 Å². The van der Waals surface area contributed by atoms with E-state index in [1.807, 2.05) is 46.8 Å². The first-order valence-corrected chi connectivity index (χ1v) is 12.5. The van der Waals surface area contributed by atoms with Gasteiger partial charge in [-0.05, 0) is 47.9 Å². The molecule has 0 radical (unpaired) electrons. The third-order valence-electron chi connectivity index (χ3n) is 7.11. The number of hydrogen-bond donors (Lipinski definition) is 4. The summed E-state index contributed by atoms with van der Waals surface area (Å²) >= 11 is 0. The van der Waals surface area contributed by atoms with E-state index in [-0.39, 0.29) is 24.6 Å². The van der Waals surface area contributed by atoms with Crippen LogP contribution in [0.1, 0.15) is 52.7 Å². The van der Waals surface area contributed by atoms with Crippen molar-refractivity contribution in [1.82, 2.24) is 24.8 Å². The summed E-state index contributed by atoms with van der Waals surface area (Å²) in [6.45, 7) is 15.0. The Morgan fingerprint density at radius 2 is 1.58 bits per heavy atom. The maximum atomic E-state index is 12.5. The number of rotatable bonds is 8. The van der Waals surface area contributed by atoms with Crippen LogP contribution in [-0.4, -0.2) is 54.3 Å². The lowest BCUT2D eigenvalue weighted by atomic mass is 9.61. The molecule has 11 nitrogen and oxygen atoms in total. The third-order valence-corrected chi connectivity index (χ3v) is 7.11. The van der Waals surface area contributed by atoms with Crippen LogP contribution in [0.4, 0.5) is 0 Å². The van der Waals surface area contributed by atoms with E-state index in [1.165, 1.54) is 0 Å². The summed E-state index contributed by atoms with van der Waals surface area (Å²) in [5.74, 6) is -3.82. The number of carboxylic acid groups (broad SMARTS) is 2. The largest absolute Gasteiger partial charge is 0.481 e. The highest BCUT2D eigenvalue weighted by Crippen LogP contribution is 2.43. The molecule has 0 bridgehead atoms. The Balaban J connectivity index is 2.08. The molecular formula is C27H37N5O6. The molecule has 0 saturated carbocycles. The topological polar surface area (TPSA) is 167 Å². The smallest absolute Gasteiger partial charge is 0.349 e. The average molecular weight is 528 g/mol. The molecule has 2 aliphatic heterocycles. The number of aromatic amines is 1. The molecule has 1 aromatic carbocycles. The Morgan fingerprint density at radius 1 is 0.974 bits per heavy atom. The molecule has 0 fully saturated rings. The van der Waals surface area contributed by atoms with Gasteiger partial charge in [0.15, 0.2) is 11.5 Å². The van der Waals surface area contributed by atoms with Crippen LogP contribution in [0.15, 0.2) is 21.7 Å². The fourth-order valence-electron chi connectivity index (χ4n) is 5.23. The summed E-state index contributed by atoms with van der Waals surface area (Å²) in [7, 11) is 0. The van der Waals surface area contributed by atoms with E-state index in [0.717, 1.165) is 11.1 Å². The van der Waals surface area contributed by atoms with Gasteiger partial charge in [-0.25, -0.2) is 9.78 Å².